The summed E-state index contributed by atoms with van der Waals surface area (Å²) < 4.78 is 27.3. The third-order valence-electron chi connectivity index (χ3n) is 2.93. The van der Waals surface area contributed by atoms with E-state index < -0.39 is 15.6 Å². The van der Waals surface area contributed by atoms with Gasteiger partial charge in [0.25, 0.3) is 0 Å². The van der Waals surface area contributed by atoms with Gasteiger partial charge in [-0.1, -0.05) is 12.1 Å². The Morgan fingerprint density at radius 1 is 1.20 bits per heavy atom. The molecule has 0 aliphatic heterocycles. The lowest BCUT2D eigenvalue weighted by Crippen LogP contribution is -2.40. The highest BCUT2D eigenvalue weighted by molar-refractivity contribution is 7.99. The Morgan fingerprint density at radius 3 is 2.60 bits per heavy atom. The molecule has 1 amide bonds. The Morgan fingerprint density at radius 2 is 1.96 bits per heavy atom. The van der Waals surface area contributed by atoms with Crippen LogP contribution >= 0.6 is 23.1 Å². The van der Waals surface area contributed by atoms with Crippen molar-refractivity contribution in [2.24, 2.45) is 0 Å². The standard InChI is InChI=1S/C17H22N2O3S3/c1-17(2,3)19-25(21,22)15-8-4-6-13(10-15)18-16(20)12-23-11-14-7-5-9-24-14/h4-10,19H,11-12H2,1-3H3,(H,18,20). The minimum absolute atomic E-state index is 0.131. The number of benzene rings is 1. The largest absolute Gasteiger partial charge is 0.325 e. The second-order valence-corrected chi connectivity index (χ2v) is 10.2. The number of sulfonamides is 1. The van der Waals surface area contributed by atoms with Gasteiger partial charge in [-0.25, -0.2) is 13.1 Å². The summed E-state index contributed by atoms with van der Waals surface area (Å²) in [7, 11) is -3.63. The van der Waals surface area contributed by atoms with Gasteiger partial charge in [-0.05, 0) is 50.4 Å². The van der Waals surface area contributed by atoms with Crippen molar-refractivity contribution in [2.45, 2.75) is 37.0 Å². The van der Waals surface area contributed by atoms with E-state index in [0.29, 0.717) is 11.4 Å². The molecule has 0 bridgehead atoms. The predicted octanol–water partition coefficient (Wildman–Crippen LogP) is 3.70. The molecule has 8 heteroatoms. The molecule has 1 aromatic heterocycles. The molecule has 2 rings (SSSR count). The first-order chi connectivity index (χ1) is 11.7. The lowest BCUT2D eigenvalue weighted by Gasteiger charge is -2.20. The summed E-state index contributed by atoms with van der Waals surface area (Å²) in [5.41, 5.74) is -0.102. The van der Waals surface area contributed by atoms with Crippen molar-refractivity contribution in [2.75, 3.05) is 11.1 Å². The first-order valence-corrected chi connectivity index (χ1v) is 11.2. The minimum atomic E-state index is -3.63. The van der Waals surface area contributed by atoms with Crippen LogP contribution in [0, 0.1) is 0 Å². The summed E-state index contributed by atoms with van der Waals surface area (Å²) >= 11 is 3.19. The highest BCUT2D eigenvalue weighted by Gasteiger charge is 2.22. The van der Waals surface area contributed by atoms with Crippen LogP contribution in [0.3, 0.4) is 0 Å². The number of nitrogens with one attached hydrogen (secondary N) is 2. The summed E-state index contributed by atoms with van der Waals surface area (Å²) in [4.78, 5) is 13.4. The molecule has 0 aliphatic rings. The van der Waals surface area contributed by atoms with E-state index in [-0.39, 0.29) is 10.8 Å². The van der Waals surface area contributed by atoms with Crippen LogP contribution in [-0.2, 0) is 20.6 Å². The molecule has 2 N–H and O–H groups in total. The van der Waals surface area contributed by atoms with Gasteiger partial charge in [0.1, 0.15) is 0 Å². The smallest absolute Gasteiger partial charge is 0.241 e. The Hall–Kier alpha value is -1.35. The van der Waals surface area contributed by atoms with Gasteiger partial charge < -0.3 is 5.32 Å². The molecule has 0 spiro atoms. The van der Waals surface area contributed by atoms with E-state index in [1.54, 1.807) is 44.2 Å². The zero-order valence-electron chi connectivity index (χ0n) is 14.4. The molecule has 2 aromatic rings. The fraction of sp³-hybridized carbons (Fsp3) is 0.353. The first-order valence-electron chi connectivity index (χ1n) is 7.70. The Labute approximate surface area is 157 Å². The number of carbonyl (C=O) groups is 1. The molecule has 0 fully saturated rings. The van der Waals surface area contributed by atoms with Crippen LogP contribution in [0.25, 0.3) is 0 Å². The fourth-order valence-electron chi connectivity index (χ4n) is 2.04. The number of hydrogen-bond donors (Lipinski definition) is 2. The average molecular weight is 399 g/mol. The van der Waals surface area contributed by atoms with Crippen LogP contribution in [0.15, 0.2) is 46.7 Å². The van der Waals surface area contributed by atoms with Gasteiger partial charge in [-0.3, -0.25) is 4.79 Å². The van der Waals surface area contributed by atoms with Gasteiger partial charge in [-0.15, -0.1) is 23.1 Å². The molecule has 5 nitrogen and oxygen atoms in total. The molecule has 0 aliphatic carbocycles. The van der Waals surface area contributed by atoms with Crippen LogP contribution in [-0.4, -0.2) is 25.6 Å². The SMILES string of the molecule is CC(C)(C)NS(=O)(=O)c1cccc(NC(=O)CSCc2cccs2)c1. The van der Waals surface area contributed by atoms with Crippen molar-refractivity contribution in [3.63, 3.8) is 0 Å². The van der Waals surface area contributed by atoms with Crippen molar-refractivity contribution < 1.29 is 13.2 Å². The lowest BCUT2D eigenvalue weighted by atomic mass is 10.1. The molecule has 0 atom stereocenters. The number of carbonyl (C=O) groups excluding carboxylic acids is 1. The van der Waals surface area contributed by atoms with E-state index in [1.807, 2.05) is 17.5 Å². The second-order valence-electron chi connectivity index (χ2n) is 6.50. The highest BCUT2D eigenvalue weighted by Crippen LogP contribution is 2.19. The zero-order chi connectivity index (χ0) is 18.5. The van der Waals surface area contributed by atoms with Gasteiger partial charge in [0, 0.05) is 21.9 Å². The summed E-state index contributed by atoms with van der Waals surface area (Å²) in [6.45, 7) is 5.34. The summed E-state index contributed by atoms with van der Waals surface area (Å²) in [6, 6.07) is 10.3. The van der Waals surface area contributed by atoms with Crippen molar-refractivity contribution in [1.29, 1.82) is 0 Å². The zero-order valence-corrected chi connectivity index (χ0v) is 16.9. The molecular weight excluding hydrogens is 376 g/mol. The van der Waals surface area contributed by atoms with Crippen molar-refractivity contribution in [3.8, 4) is 0 Å². The lowest BCUT2D eigenvalue weighted by molar-refractivity contribution is -0.113. The van der Waals surface area contributed by atoms with Crippen LogP contribution < -0.4 is 10.0 Å². The summed E-state index contributed by atoms with van der Waals surface area (Å²) in [6.07, 6.45) is 0. The van der Waals surface area contributed by atoms with E-state index in [4.69, 9.17) is 0 Å². The third kappa shape index (κ3) is 6.81. The molecule has 0 saturated heterocycles. The number of hydrogen-bond acceptors (Lipinski definition) is 5. The van der Waals surface area contributed by atoms with Gasteiger partial charge in [0.15, 0.2) is 0 Å². The normalized spacial score (nSPS) is 12.1. The number of rotatable bonds is 7. The summed E-state index contributed by atoms with van der Waals surface area (Å²) in [5.74, 6) is 0.948. The maximum Gasteiger partial charge on any atom is 0.241 e. The molecule has 0 unspecified atom stereocenters. The monoisotopic (exact) mass is 398 g/mol. The van der Waals surface area contributed by atoms with E-state index >= 15 is 0 Å². The Kier molecular flexibility index (Phi) is 6.67. The van der Waals surface area contributed by atoms with Gasteiger partial charge >= 0.3 is 0 Å². The van der Waals surface area contributed by atoms with E-state index in [1.165, 1.54) is 28.8 Å². The fourth-order valence-corrected chi connectivity index (χ4v) is 5.17. The van der Waals surface area contributed by atoms with Gasteiger partial charge in [0.2, 0.25) is 15.9 Å². The molecule has 1 heterocycles. The van der Waals surface area contributed by atoms with Crippen molar-refractivity contribution in [1.82, 2.24) is 4.72 Å². The quantitative estimate of drug-likeness (QED) is 0.746. The molecular formula is C17H22N2O3S3. The highest BCUT2D eigenvalue weighted by atomic mass is 32.2. The number of thioether (sulfide) groups is 1. The molecule has 136 valence electrons. The third-order valence-corrected chi connectivity index (χ3v) is 6.72. The van der Waals surface area contributed by atoms with Crippen LogP contribution in [0.4, 0.5) is 5.69 Å². The van der Waals surface area contributed by atoms with Gasteiger partial charge in [-0.2, -0.15) is 0 Å². The number of thiophene rings is 1. The topological polar surface area (TPSA) is 75.3 Å². The van der Waals surface area contributed by atoms with E-state index in [2.05, 4.69) is 10.0 Å². The predicted molar refractivity (Wildman–Crippen MR) is 106 cm³/mol. The molecule has 0 radical (unpaired) electrons. The maximum absolute atomic E-state index is 12.4. The molecule has 1 aromatic carbocycles. The van der Waals surface area contributed by atoms with Crippen molar-refractivity contribution >= 4 is 44.7 Å². The van der Waals surface area contributed by atoms with E-state index in [0.717, 1.165) is 5.75 Å². The van der Waals surface area contributed by atoms with Crippen LogP contribution in [0.5, 0.6) is 0 Å². The van der Waals surface area contributed by atoms with Gasteiger partial charge in [0.05, 0.1) is 10.6 Å². The molecule has 25 heavy (non-hydrogen) atoms. The second kappa shape index (κ2) is 8.35. The van der Waals surface area contributed by atoms with E-state index in [9.17, 15) is 13.2 Å². The summed E-state index contributed by atoms with van der Waals surface area (Å²) in [5, 5.41) is 4.76. The number of amides is 1. The van der Waals surface area contributed by atoms with Crippen LogP contribution in [0.2, 0.25) is 0 Å². The minimum Gasteiger partial charge on any atom is -0.325 e. The first kappa shape index (κ1) is 20.0. The maximum atomic E-state index is 12.4. The average Bonchev–Trinajstić information content (AvgIpc) is 2.98. The van der Waals surface area contributed by atoms with Crippen LogP contribution in [0.1, 0.15) is 25.6 Å². The number of anilines is 1. The molecule has 0 saturated carbocycles. The van der Waals surface area contributed by atoms with Crippen molar-refractivity contribution in [3.05, 3.63) is 46.7 Å². The Balaban J connectivity index is 1.95. The Bertz CT molecular complexity index is 810.